The highest BCUT2D eigenvalue weighted by Gasteiger charge is 2.21. The Morgan fingerprint density at radius 2 is 2.04 bits per heavy atom. The molecule has 0 radical (unpaired) electrons. The SMILES string of the molecule is CN=C(NCCC1CCCO1)NCC1CN(CC(C)C)CCO1. The van der Waals surface area contributed by atoms with E-state index in [-0.39, 0.29) is 6.10 Å². The summed E-state index contributed by atoms with van der Waals surface area (Å²) in [5.74, 6) is 1.56. The molecule has 0 amide bonds. The molecule has 2 rings (SSSR count). The summed E-state index contributed by atoms with van der Waals surface area (Å²) in [6.45, 7) is 11.2. The van der Waals surface area contributed by atoms with Crippen molar-refractivity contribution in [2.45, 2.75) is 45.3 Å². The first kappa shape index (κ1) is 18.5. The lowest BCUT2D eigenvalue weighted by molar-refractivity contribution is -0.0284. The molecule has 2 aliphatic rings. The van der Waals surface area contributed by atoms with Crippen molar-refractivity contribution in [3.63, 3.8) is 0 Å². The molecule has 2 N–H and O–H groups in total. The lowest BCUT2D eigenvalue weighted by atomic mass is 10.2. The molecule has 2 saturated heterocycles. The molecule has 2 aliphatic heterocycles. The molecule has 2 unspecified atom stereocenters. The van der Waals surface area contributed by atoms with E-state index >= 15 is 0 Å². The maximum Gasteiger partial charge on any atom is 0.191 e. The number of guanidine groups is 1. The molecule has 0 spiro atoms. The summed E-state index contributed by atoms with van der Waals surface area (Å²) in [5, 5.41) is 6.75. The van der Waals surface area contributed by atoms with Gasteiger partial charge < -0.3 is 20.1 Å². The highest BCUT2D eigenvalue weighted by molar-refractivity contribution is 5.79. The summed E-state index contributed by atoms with van der Waals surface area (Å²) >= 11 is 0. The molecule has 134 valence electrons. The summed E-state index contributed by atoms with van der Waals surface area (Å²) < 4.78 is 11.5. The number of nitrogens with one attached hydrogen (secondary N) is 2. The van der Waals surface area contributed by atoms with Crippen LogP contribution in [0, 0.1) is 5.92 Å². The fourth-order valence-corrected chi connectivity index (χ4v) is 3.24. The van der Waals surface area contributed by atoms with Gasteiger partial charge in [-0.25, -0.2) is 0 Å². The van der Waals surface area contributed by atoms with Crippen LogP contribution in [-0.4, -0.2) is 76.1 Å². The Kier molecular flexibility index (Phi) is 8.12. The molecule has 0 aliphatic carbocycles. The van der Waals surface area contributed by atoms with Gasteiger partial charge in [-0.1, -0.05) is 13.8 Å². The van der Waals surface area contributed by atoms with E-state index in [1.807, 2.05) is 7.05 Å². The number of aliphatic imine (C=N–C) groups is 1. The fraction of sp³-hybridized carbons (Fsp3) is 0.941. The third kappa shape index (κ3) is 7.06. The number of rotatable bonds is 7. The average molecular weight is 326 g/mol. The third-order valence-electron chi connectivity index (χ3n) is 4.35. The molecule has 0 aromatic carbocycles. The first-order chi connectivity index (χ1) is 11.2. The molecule has 23 heavy (non-hydrogen) atoms. The number of morpholine rings is 1. The van der Waals surface area contributed by atoms with Crippen LogP contribution < -0.4 is 10.6 Å². The predicted octanol–water partition coefficient (Wildman–Crippen LogP) is 1.08. The monoisotopic (exact) mass is 326 g/mol. The van der Waals surface area contributed by atoms with Crippen molar-refractivity contribution in [1.82, 2.24) is 15.5 Å². The van der Waals surface area contributed by atoms with Gasteiger partial charge >= 0.3 is 0 Å². The minimum Gasteiger partial charge on any atom is -0.378 e. The molecule has 0 saturated carbocycles. The third-order valence-corrected chi connectivity index (χ3v) is 4.35. The Balaban J connectivity index is 1.62. The maximum absolute atomic E-state index is 5.86. The summed E-state index contributed by atoms with van der Waals surface area (Å²) in [6.07, 6.45) is 4.09. The van der Waals surface area contributed by atoms with Gasteiger partial charge in [0.25, 0.3) is 0 Å². The van der Waals surface area contributed by atoms with Gasteiger partial charge in [0.2, 0.25) is 0 Å². The van der Waals surface area contributed by atoms with Crippen LogP contribution >= 0.6 is 0 Å². The predicted molar refractivity (Wildman–Crippen MR) is 94.0 cm³/mol. The Morgan fingerprint density at radius 1 is 1.22 bits per heavy atom. The van der Waals surface area contributed by atoms with Gasteiger partial charge in [0.05, 0.1) is 18.8 Å². The van der Waals surface area contributed by atoms with Gasteiger partial charge in [-0.05, 0) is 25.2 Å². The Hall–Kier alpha value is -0.850. The second kappa shape index (κ2) is 10.1. The van der Waals surface area contributed by atoms with Crippen LogP contribution in [0.15, 0.2) is 4.99 Å². The smallest absolute Gasteiger partial charge is 0.191 e. The van der Waals surface area contributed by atoms with E-state index in [4.69, 9.17) is 9.47 Å². The highest BCUT2D eigenvalue weighted by Crippen LogP contribution is 2.14. The first-order valence-corrected chi connectivity index (χ1v) is 9.07. The Bertz CT molecular complexity index is 357. The zero-order valence-corrected chi connectivity index (χ0v) is 15.0. The Morgan fingerprint density at radius 3 is 2.74 bits per heavy atom. The van der Waals surface area contributed by atoms with Crippen LogP contribution in [0.1, 0.15) is 33.1 Å². The molecule has 6 nitrogen and oxygen atoms in total. The van der Waals surface area contributed by atoms with Gasteiger partial charge in [0.1, 0.15) is 0 Å². The first-order valence-electron chi connectivity index (χ1n) is 9.07. The largest absolute Gasteiger partial charge is 0.378 e. The van der Waals surface area contributed by atoms with E-state index in [2.05, 4.69) is 34.4 Å². The summed E-state index contributed by atoms with van der Waals surface area (Å²) in [4.78, 5) is 6.78. The van der Waals surface area contributed by atoms with Crippen molar-refractivity contribution in [2.24, 2.45) is 10.9 Å². The van der Waals surface area contributed by atoms with Crippen LogP contribution in [0.5, 0.6) is 0 Å². The highest BCUT2D eigenvalue weighted by atomic mass is 16.5. The number of hydrogen-bond acceptors (Lipinski definition) is 4. The number of nitrogens with zero attached hydrogens (tertiary/aromatic N) is 2. The molecular formula is C17H34N4O2. The van der Waals surface area contributed by atoms with Gasteiger partial charge in [0, 0.05) is 46.4 Å². The summed E-state index contributed by atoms with van der Waals surface area (Å²) in [7, 11) is 1.81. The topological polar surface area (TPSA) is 58.1 Å². The standard InChI is InChI=1S/C17H34N4O2/c1-14(2)12-21-8-10-23-16(13-21)11-20-17(18-3)19-7-6-15-5-4-9-22-15/h14-16H,4-13H2,1-3H3,(H2,18,19,20). The molecular weight excluding hydrogens is 292 g/mol. The summed E-state index contributed by atoms with van der Waals surface area (Å²) in [5.41, 5.74) is 0. The van der Waals surface area contributed by atoms with Crippen molar-refractivity contribution in [3.05, 3.63) is 0 Å². The van der Waals surface area contributed by atoms with E-state index < -0.39 is 0 Å². The lowest BCUT2D eigenvalue weighted by Crippen LogP contribution is -2.50. The van der Waals surface area contributed by atoms with E-state index in [0.717, 1.165) is 58.3 Å². The van der Waals surface area contributed by atoms with Crippen LogP contribution in [0.2, 0.25) is 0 Å². The minimum absolute atomic E-state index is 0.235. The average Bonchev–Trinajstić information content (AvgIpc) is 3.03. The quantitative estimate of drug-likeness (QED) is 0.541. The molecule has 6 heteroatoms. The molecule has 0 bridgehead atoms. The van der Waals surface area contributed by atoms with E-state index in [1.165, 1.54) is 12.8 Å². The Labute approximate surface area is 141 Å². The normalized spacial score (nSPS) is 26.7. The maximum atomic E-state index is 5.86. The van der Waals surface area contributed by atoms with Crippen molar-refractivity contribution < 1.29 is 9.47 Å². The zero-order chi connectivity index (χ0) is 16.5. The molecule has 2 heterocycles. The fourth-order valence-electron chi connectivity index (χ4n) is 3.24. The molecule has 0 aromatic rings. The minimum atomic E-state index is 0.235. The van der Waals surface area contributed by atoms with Crippen molar-refractivity contribution in [3.8, 4) is 0 Å². The second-order valence-corrected chi connectivity index (χ2v) is 6.95. The van der Waals surface area contributed by atoms with E-state index in [1.54, 1.807) is 0 Å². The van der Waals surface area contributed by atoms with Gasteiger partial charge in [-0.3, -0.25) is 9.89 Å². The summed E-state index contributed by atoms with van der Waals surface area (Å²) in [6, 6.07) is 0. The number of hydrogen-bond donors (Lipinski definition) is 2. The molecule has 2 atom stereocenters. The van der Waals surface area contributed by atoms with Crippen LogP contribution in [-0.2, 0) is 9.47 Å². The lowest BCUT2D eigenvalue weighted by Gasteiger charge is -2.34. The zero-order valence-electron chi connectivity index (χ0n) is 15.0. The van der Waals surface area contributed by atoms with Gasteiger partial charge in [0.15, 0.2) is 5.96 Å². The van der Waals surface area contributed by atoms with Crippen LogP contribution in [0.3, 0.4) is 0 Å². The van der Waals surface area contributed by atoms with Crippen molar-refractivity contribution in [2.75, 3.05) is 53.0 Å². The molecule has 2 fully saturated rings. The van der Waals surface area contributed by atoms with E-state index in [0.29, 0.717) is 12.0 Å². The van der Waals surface area contributed by atoms with Gasteiger partial charge in [-0.15, -0.1) is 0 Å². The number of ether oxygens (including phenoxy) is 2. The van der Waals surface area contributed by atoms with Crippen LogP contribution in [0.4, 0.5) is 0 Å². The second-order valence-electron chi connectivity index (χ2n) is 6.95. The van der Waals surface area contributed by atoms with Gasteiger partial charge in [-0.2, -0.15) is 0 Å². The van der Waals surface area contributed by atoms with E-state index in [9.17, 15) is 0 Å². The molecule has 0 aromatic heterocycles. The van der Waals surface area contributed by atoms with Crippen molar-refractivity contribution in [1.29, 1.82) is 0 Å². The van der Waals surface area contributed by atoms with Crippen LogP contribution in [0.25, 0.3) is 0 Å². The van der Waals surface area contributed by atoms with Crippen molar-refractivity contribution >= 4 is 5.96 Å².